The molecule has 1 saturated heterocycles. The summed E-state index contributed by atoms with van der Waals surface area (Å²) in [6, 6.07) is 5.16. The molecule has 0 aliphatic carbocycles. The summed E-state index contributed by atoms with van der Waals surface area (Å²) in [5, 5.41) is 20.6. The molecule has 2 aliphatic heterocycles. The van der Waals surface area contributed by atoms with Gasteiger partial charge in [0.15, 0.2) is 6.04 Å². The van der Waals surface area contributed by atoms with Crippen LogP contribution in [-0.2, 0) is 27.3 Å². The molecule has 2 aliphatic rings. The number of carboxylic acids is 1. The van der Waals surface area contributed by atoms with Crippen molar-refractivity contribution >= 4 is 23.8 Å². The van der Waals surface area contributed by atoms with Crippen molar-refractivity contribution in [3.05, 3.63) is 35.4 Å². The van der Waals surface area contributed by atoms with Gasteiger partial charge in [0, 0.05) is 25.9 Å². The quantitative estimate of drug-likeness (QED) is 0.587. The number of aliphatic carboxylic acids is 1. The summed E-state index contributed by atoms with van der Waals surface area (Å²) in [5.41, 5.74) is 2.02. The first-order chi connectivity index (χ1) is 12.8. The largest absolute Gasteiger partial charge is 0.480 e. The van der Waals surface area contributed by atoms with Gasteiger partial charge in [-0.05, 0) is 18.1 Å². The first-order valence-electron chi connectivity index (χ1n) is 8.68. The molecule has 3 atom stereocenters. The Bertz CT molecular complexity index is 750. The Hall–Kier alpha value is -2.94. The van der Waals surface area contributed by atoms with Crippen LogP contribution in [0.2, 0.25) is 0 Å². The topological polar surface area (TPSA) is 127 Å². The molecule has 9 heteroatoms. The minimum atomic E-state index is -1.44. The van der Waals surface area contributed by atoms with E-state index in [-0.39, 0.29) is 18.9 Å². The lowest BCUT2D eigenvalue weighted by atomic mass is 9.95. The molecule has 0 saturated carbocycles. The lowest BCUT2D eigenvalue weighted by molar-refractivity contribution is -0.145. The van der Waals surface area contributed by atoms with Gasteiger partial charge in [-0.3, -0.25) is 14.5 Å². The Morgan fingerprint density at radius 2 is 1.93 bits per heavy atom. The third-order valence-corrected chi connectivity index (χ3v) is 4.90. The molecule has 3 N–H and O–H groups in total. The van der Waals surface area contributed by atoms with Crippen LogP contribution in [0, 0.1) is 0 Å². The monoisotopic (exact) mass is 375 g/mol. The maximum absolute atomic E-state index is 12.6. The van der Waals surface area contributed by atoms with Crippen LogP contribution < -0.4 is 5.32 Å². The zero-order valence-electron chi connectivity index (χ0n) is 14.8. The smallest absolute Gasteiger partial charge is 0.328 e. The van der Waals surface area contributed by atoms with Gasteiger partial charge in [0.05, 0.1) is 6.10 Å². The summed E-state index contributed by atoms with van der Waals surface area (Å²) in [5.74, 6) is -2.37. The highest BCUT2D eigenvalue weighted by Gasteiger charge is 2.46. The molecular weight excluding hydrogens is 354 g/mol. The van der Waals surface area contributed by atoms with Crippen LogP contribution in [0.5, 0.6) is 0 Å². The molecule has 3 rings (SSSR count). The third-order valence-electron chi connectivity index (χ3n) is 4.90. The second kappa shape index (κ2) is 7.36. The molecule has 0 radical (unpaired) electrons. The number of rotatable bonds is 6. The predicted molar refractivity (Wildman–Crippen MR) is 92.5 cm³/mol. The summed E-state index contributed by atoms with van der Waals surface area (Å²) >= 11 is 0. The van der Waals surface area contributed by atoms with Crippen molar-refractivity contribution in [2.24, 2.45) is 0 Å². The number of hydrogen-bond acceptors (Lipinski definition) is 5. The van der Waals surface area contributed by atoms with Gasteiger partial charge in [0.25, 0.3) is 5.91 Å². The first-order valence-corrected chi connectivity index (χ1v) is 8.68. The van der Waals surface area contributed by atoms with Crippen LogP contribution >= 0.6 is 0 Å². The molecule has 0 spiro atoms. The second-order valence-electron chi connectivity index (χ2n) is 6.76. The Morgan fingerprint density at radius 3 is 2.56 bits per heavy atom. The van der Waals surface area contributed by atoms with Crippen molar-refractivity contribution in [2.75, 3.05) is 6.54 Å². The summed E-state index contributed by atoms with van der Waals surface area (Å²) in [7, 11) is 0. The van der Waals surface area contributed by atoms with E-state index < -0.39 is 36.1 Å². The predicted octanol–water partition coefficient (Wildman–Crippen LogP) is -0.284. The minimum Gasteiger partial charge on any atom is -0.480 e. The standard InChI is InChI=1S/C18H21N3O6/c1-10(22)15(17(25)26)19-14(23)6-7-20-16(24)13-8-11-4-2-3-5-12(11)9-21(13)18(20)27/h2-5,10,13,15,22H,6-9H2,1H3,(H,19,23)(H,25,26)/t10-,13+,15-/m1/s1. The van der Waals surface area contributed by atoms with Crippen molar-refractivity contribution < 1.29 is 29.4 Å². The van der Waals surface area contributed by atoms with Crippen molar-refractivity contribution in [1.29, 1.82) is 0 Å². The van der Waals surface area contributed by atoms with E-state index in [4.69, 9.17) is 5.11 Å². The Morgan fingerprint density at radius 1 is 1.26 bits per heavy atom. The molecule has 0 bridgehead atoms. The van der Waals surface area contributed by atoms with E-state index in [1.54, 1.807) is 0 Å². The molecular formula is C18H21N3O6. The SMILES string of the molecule is C[C@@H](O)[C@@H](NC(=O)CCN1C(=O)[C@@H]2Cc3ccccc3CN2C1=O)C(=O)O. The highest BCUT2D eigenvalue weighted by atomic mass is 16.4. The zero-order chi connectivity index (χ0) is 19.7. The van der Waals surface area contributed by atoms with E-state index in [0.717, 1.165) is 16.0 Å². The number of nitrogens with one attached hydrogen (secondary N) is 1. The highest BCUT2D eigenvalue weighted by molar-refractivity contribution is 6.05. The summed E-state index contributed by atoms with van der Waals surface area (Å²) in [4.78, 5) is 50.7. The Kier molecular flexibility index (Phi) is 5.13. The van der Waals surface area contributed by atoms with Crippen LogP contribution in [-0.4, -0.2) is 68.6 Å². The van der Waals surface area contributed by atoms with Gasteiger partial charge < -0.3 is 20.4 Å². The van der Waals surface area contributed by atoms with E-state index in [1.165, 1.54) is 11.8 Å². The average Bonchev–Trinajstić information content (AvgIpc) is 2.86. The Balaban J connectivity index is 1.62. The lowest BCUT2D eigenvalue weighted by Crippen LogP contribution is -2.48. The number of nitrogens with zero attached hydrogens (tertiary/aromatic N) is 2. The molecule has 2 heterocycles. The molecule has 1 aromatic carbocycles. The number of carbonyl (C=O) groups is 4. The van der Waals surface area contributed by atoms with Crippen LogP contribution in [0.3, 0.4) is 0 Å². The highest BCUT2D eigenvalue weighted by Crippen LogP contribution is 2.29. The number of fused-ring (bicyclic) bond motifs is 2. The van der Waals surface area contributed by atoms with Gasteiger partial charge in [-0.2, -0.15) is 0 Å². The maximum Gasteiger partial charge on any atom is 0.328 e. The summed E-state index contributed by atoms with van der Waals surface area (Å²) in [6.07, 6.45) is -1.07. The molecule has 144 valence electrons. The van der Waals surface area contributed by atoms with Crippen LogP contribution in [0.25, 0.3) is 0 Å². The molecule has 0 aromatic heterocycles. The first kappa shape index (κ1) is 18.8. The lowest BCUT2D eigenvalue weighted by Gasteiger charge is -2.28. The van der Waals surface area contributed by atoms with Gasteiger partial charge in [-0.1, -0.05) is 24.3 Å². The fourth-order valence-corrected chi connectivity index (χ4v) is 3.43. The van der Waals surface area contributed by atoms with Crippen LogP contribution in [0.1, 0.15) is 24.5 Å². The fraction of sp³-hybridized carbons (Fsp3) is 0.444. The van der Waals surface area contributed by atoms with E-state index >= 15 is 0 Å². The number of hydrogen-bond donors (Lipinski definition) is 3. The maximum atomic E-state index is 12.6. The number of amides is 4. The molecule has 4 amide bonds. The van der Waals surface area contributed by atoms with Crippen LogP contribution in [0.4, 0.5) is 4.79 Å². The van der Waals surface area contributed by atoms with E-state index in [1.807, 2.05) is 24.3 Å². The summed E-state index contributed by atoms with van der Waals surface area (Å²) < 4.78 is 0. The third kappa shape index (κ3) is 3.63. The zero-order valence-corrected chi connectivity index (χ0v) is 14.8. The number of benzene rings is 1. The van der Waals surface area contributed by atoms with E-state index in [2.05, 4.69) is 5.32 Å². The Labute approximate surface area is 155 Å². The molecule has 0 unspecified atom stereocenters. The molecule has 27 heavy (non-hydrogen) atoms. The fourth-order valence-electron chi connectivity index (χ4n) is 3.43. The number of carbonyl (C=O) groups excluding carboxylic acids is 3. The van der Waals surface area contributed by atoms with Gasteiger partial charge in [-0.25, -0.2) is 9.59 Å². The number of carboxylic acid groups (broad SMARTS) is 1. The molecule has 1 aromatic rings. The van der Waals surface area contributed by atoms with E-state index in [9.17, 15) is 24.3 Å². The van der Waals surface area contributed by atoms with Crippen LogP contribution in [0.15, 0.2) is 24.3 Å². The van der Waals surface area contributed by atoms with Gasteiger partial charge in [0.1, 0.15) is 6.04 Å². The van der Waals surface area contributed by atoms with Gasteiger partial charge >= 0.3 is 12.0 Å². The second-order valence-corrected chi connectivity index (χ2v) is 6.76. The van der Waals surface area contributed by atoms with Crippen molar-refractivity contribution in [2.45, 2.75) is 44.5 Å². The number of urea groups is 1. The van der Waals surface area contributed by atoms with E-state index in [0.29, 0.717) is 13.0 Å². The van der Waals surface area contributed by atoms with Crippen molar-refractivity contribution in [3.8, 4) is 0 Å². The molecule has 9 nitrogen and oxygen atoms in total. The van der Waals surface area contributed by atoms with Gasteiger partial charge in [-0.15, -0.1) is 0 Å². The summed E-state index contributed by atoms with van der Waals surface area (Å²) in [6.45, 7) is 1.46. The molecule has 1 fully saturated rings. The van der Waals surface area contributed by atoms with Crippen molar-refractivity contribution in [3.63, 3.8) is 0 Å². The normalized spacial score (nSPS) is 20.7. The number of aliphatic hydroxyl groups is 1. The van der Waals surface area contributed by atoms with Crippen molar-refractivity contribution in [1.82, 2.24) is 15.1 Å². The number of imide groups is 1. The average molecular weight is 375 g/mol. The van der Waals surface area contributed by atoms with Gasteiger partial charge in [0.2, 0.25) is 5.91 Å². The number of aliphatic hydroxyl groups excluding tert-OH is 1. The minimum absolute atomic E-state index is 0.140.